The summed E-state index contributed by atoms with van der Waals surface area (Å²) in [5, 5.41) is 6.13. The van der Waals surface area contributed by atoms with Crippen molar-refractivity contribution in [2.24, 2.45) is 4.99 Å². The highest BCUT2D eigenvalue weighted by Gasteiger charge is 2.19. The first-order valence-corrected chi connectivity index (χ1v) is 9.11. The van der Waals surface area contributed by atoms with E-state index in [1.807, 2.05) is 55.4 Å². The van der Waals surface area contributed by atoms with Crippen molar-refractivity contribution in [2.45, 2.75) is 6.54 Å². The minimum Gasteiger partial charge on any atom is -0.378 e. The lowest BCUT2D eigenvalue weighted by molar-refractivity contribution is 0.0977. The number of hydrogen-bond acceptors (Lipinski definition) is 7. The van der Waals surface area contributed by atoms with Crippen LogP contribution in [0.2, 0.25) is 0 Å². The molecule has 0 bridgehead atoms. The summed E-state index contributed by atoms with van der Waals surface area (Å²) in [6, 6.07) is 15.1. The number of nitrogens with zero attached hydrogens (tertiary/aromatic N) is 4. The van der Waals surface area contributed by atoms with Gasteiger partial charge in [-0.05, 0) is 42.0 Å². The number of amides is 1. The van der Waals surface area contributed by atoms with Crippen LogP contribution in [-0.2, 0) is 6.54 Å². The smallest absolute Gasteiger partial charge is 0.256 e. The molecule has 0 radical (unpaired) electrons. The molecule has 1 aliphatic heterocycles. The van der Waals surface area contributed by atoms with Crippen molar-refractivity contribution in [3.05, 3.63) is 71.4 Å². The van der Waals surface area contributed by atoms with Gasteiger partial charge in [0.05, 0.1) is 6.54 Å². The van der Waals surface area contributed by atoms with Gasteiger partial charge in [-0.25, -0.2) is 4.98 Å². The number of aliphatic imine (C=N–C) groups is 1. The summed E-state index contributed by atoms with van der Waals surface area (Å²) in [7, 11) is 3.88. The van der Waals surface area contributed by atoms with Crippen LogP contribution >= 0.6 is 0 Å². The molecule has 146 valence electrons. The van der Waals surface area contributed by atoms with E-state index in [1.54, 1.807) is 18.3 Å². The van der Waals surface area contributed by atoms with Crippen molar-refractivity contribution in [1.29, 1.82) is 0 Å². The van der Waals surface area contributed by atoms with Gasteiger partial charge in [-0.15, -0.1) is 0 Å². The molecule has 0 atom stereocenters. The molecule has 2 aromatic carbocycles. The minimum absolute atomic E-state index is 0.192. The van der Waals surface area contributed by atoms with Crippen LogP contribution in [0, 0.1) is 0 Å². The van der Waals surface area contributed by atoms with E-state index in [0.717, 1.165) is 22.5 Å². The van der Waals surface area contributed by atoms with Gasteiger partial charge in [0.2, 0.25) is 5.95 Å². The average Bonchev–Trinajstić information content (AvgIpc) is 3.10. The highest BCUT2D eigenvalue weighted by Crippen LogP contribution is 2.24. The largest absolute Gasteiger partial charge is 0.378 e. The van der Waals surface area contributed by atoms with Gasteiger partial charge in [0.25, 0.3) is 5.91 Å². The normalized spacial score (nSPS) is 12.1. The molecule has 29 heavy (non-hydrogen) atoms. The van der Waals surface area contributed by atoms with E-state index < -0.39 is 0 Å². The second kappa shape index (κ2) is 7.59. The second-order valence-corrected chi connectivity index (χ2v) is 6.86. The Morgan fingerprint density at radius 3 is 2.79 bits per heavy atom. The van der Waals surface area contributed by atoms with Crippen LogP contribution in [0.3, 0.4) is 0 Å². The predicted octanol–water partition coefficient (Wildman–Crippen LogP) is 2.56. The van der Waals surface area contributed by atoms with Crippen LogP contribution in [0.1, 0.15) is 21.5 Å². The number of nitrogen functional groups attached to an aromatic ring is 1. The van der Waals surface area contributed by atoms with Crippen molar-refractivity contribution in [1.82, 2.24) is 15.3 Å². The van der Waals surface area contributed by atoms with Crippen LogP contribution in [-0.4, -0.2) is 35.8 Å². The topological polar surface area (TPSA) is 109 Å². The third-order valence-corrected chi connectivity index (χ3v) is 4.58. The quantitative estimate of drug-likeness (QED) is 0.635. The maximum atomic E-state index is 12.7. The molecule has 2 heterocycles. The number of benzene rings is 2. The molecule has 4 N–H and O–H groups in total. The summed E-state index contributed by atoms with van der Waals surface area (Å²) >= 11 is 0. The van der Waals surface area contributed by atoms with Crippen LogP contribution in [0.25, 0.3) is 0 Å². The Balaban J connectivity index is 1.53. The molecule has 0 fully saturated rings. The Morgan fingerprint density at radius 1 is 1.14 bits per heavy atom. The Morgan fingerprint density at radius 2 is 2.00 bits per heavy atom. The highest BCUT2D eigenvalue weighted by atomic mass is 16.1. The number of amidine groups is 1. The fraction of sp³-hybridized carbons (Fsp3) is 0.143. The second-order valence-electron chi connectivity index (χ2n) is 6.86. The number of aromatic nitrogens is 2. The van der Waals surface area contributed by atoms with E-state index in [1.165, 1.54) is 0 Å². The first-order chi connectivity index (χ1) is 14.0. The number of carbonyl (C=O) groups is 1. The molecular formula is C21H21N7O. The molecule has 3 aromatic rings. The van der Waals surface area contributed by atoms with Gasteiger partial charge >= 0.3 is 0 Å². The van der Waals surface area contributed by atoms with E-state index in [-0.39, 0.29) is 11.9 Å². The van der Waals surface area contributed by atoms with Crippen molar-refractivity contribution < 1.29 is 4.79 Å². The number of anilines is 4. The highest BCUT2D eigenvalue weighted by molar-refractivity contribution is 6.14. The van der Waals surface area contributed by atoms with Gasteiger partial charge in [0, 0.05) is 42.8 Å². The zero-order valence-electron chi connectivity index (χ0n) is 16.2. The third kappa shape index (κ3) is 4.01. The zero-order chi connectivity index (χ0) is 20.4. The molecule has 0 unspecified atom stereocenters. The van der Waals surface area contributed by atoms with E-state index in [0.29, 0.717) is 23.8 Å². The summed E-state index contributed by atoms with van der Waals surface area (Å²) in [4.78, 5) is 27.2. The molecule has 0 saturated heterocycles. The van der Waals surface area contributed by atoms with Crippen LogP contribution < -0.4 is 21.3 Å². The molecule has 4 rings (SSSR count). The first-order valence-electron chi connectivity index (χ1n) is 9.11. The lowest BCUT2D eigenvalue weighted by atomic mass is 10.1. The summed E-state index contributed by atoms with van der Waals surface area (Å²) in [6.07, 6.45) is 1.59. The molecule has 1 aliphatic rings. The van der Waals surface area contributed by atoms with Crippen LogP contribution in [0.4, 0.5) is 23.1 Å². The SMILES string of the molecule is CN(C)c1cccc(C(=O)NC2=NCc3ccc(Nc4ccnc(N)n4)cc32)c1. The van der Waals surface area contributed by atoms with Crippen molar-refractivity contribution in [2.75, 3.05) is 30.0 Å². The number of hydrogen-bond donors (Lipinski definition) is 3. The summed E-state index contributed by atoms with van der Waals surface area (Å²) in [6.45, 7) is 0.531. The van der Waals surface area contributed by atoms with E-state index in [2.05, 4.69) is 25.6 Å². The maximum Gasteiger partial charge on any atom is 0.256 e. The standard InChI is InChI=1S/C21H21N7O/c1-28(2)16-5-3-4-13(10-16)20(29)27-19-17-11-15(7-6-14(17)12-24-19)25-18-8-9-23-21(22)26-18/h3-11H,12H2,1-2H3,(H,24,27,29)(H3,22,23,25,26). The van der Waals surface area contributed by atoms with Crippen molar-refractivity contribution in [3.8, 4) is 0 Å². The average molecular weight is 387 g/mol. The Hall–Kier alpha value is -3.94. The van der Waals surface area contributed by atoms with Crippen molar-refractivity contribution in [3.63, 3.8) is 0 Å². The van der Waals surface area contributed by atoms with E-state index >= 15 is 0 Å². The van der Waals surface area contributed by atoms with Gasteiger partial charge in [0.1, 0.15) is 11.7 Å². The Bertz CT molecular complexity index is 1110. The van der Waals surface area contributed by atoms with Gasteiger partial charge in [0.15, 0.2) is 0 Å². The third-order valence-electron chi connectivity index (χ3n) is 4.58. The number of nitrogens with two attached hydrogens (primary N) is 1. The maximum absolute atomic E-state index is 12.7. The van der Waals surface area contributed by atoms with Crippen molar-refractivity contribution >= 4 is 34.9 Å². The Labute approximate surface area is 168 Å². The first kappa shape index (κ1) is 18.4. The van der Waals surface area contributed by atoms with Gasteiger partial charge < -0.3 is 21.3 Å². The van der Waals surface area contributed by atoms with E-state index in [9.17, 15) is 4.79 Å². The molecule has 0 spiro atoms. The van der Waals surface area contributed by atoms with Crippen LogP contribution in [0.15, 0.2) is 59.7 Å². The van der Waals surface area contributed by atoms with E-state index in [4.69, 9.17) is 5.73 Å². The number of rotatable bonds is 4. The summed E-state index contributed by atoms with van der Waals surface area (Å²) in [5.74, 6) is 1.16. The number of carbonyl (C=O) groups excluding carboxylic acids is 1. The fourth-order valence-electron chi connectivity index (χ4n) is 3.07. The van der Waals surface area contributed by atoms with Gasteiger partial charge in [-0.1, -0.05) is 12.1 Å². The van der Waals surface area contributed by atoms with Gasteiger partial charge in [-0.2, -0.15) is 4.98 Å². The summed E-state index contributed by atoms with van der Waals surface area (Å²) < 4.78 is 0. The fourth-order valence-corrected chi connectivity index (χ4v) is 3.07. The lowest BCUT2D eigenvalue weighted by Crippen LogP contribution is -2.30. The number of nitrogens with one attached hydrogen (secondary N) is 2. The lowest BCUT2D eigenvalue weighted by Gasteiger charge is -2.14. The van der Waals surface area contributed by atoms with Crippen LogP contribution in [0.5, 0.6) is 0 Å². The monoisotopic (exact) mass is 387 g/mol. The molecule has 0 saturated carbocycles. The molecular weight excluding hydrogens is 366 g/mol. The molecule has 8 nitrogen and oxygen atoms in total. The molecule has 8 heteroatoms. The zero-order valence-corrected chi connectivity index (χ0v) is 16.2. The van der Waals surface area contributed by atoms with Gasteiger partial charge in [-0.3, -0.25) is 9.79 Å². The minimum atomic E-state index is -0.192. The predicted molar refractivity (Wildman–Crippen MR) is 115 cm³/mol. The Kier molecular flexibility index (Phi) is 4.82. The molecule has 0 aliphatic carbocycles. The summed E-state index contributed by atoms with van der Waals surface area (Å²) in [5.41, 5.74) is 9.93. The molecule has 1 amide bonds. The number of fused-ring (bicyclic) bond motifs is 1. The molecule has 1 aromatic heterocycles.